The van der Waals surface area contributed by atoms with Gasteiger partial charge in [0.1, 0.15) is 5.82 Å². The number of thioether (sulfide) groups is 1. The molecular weight excluding hydrogens is 244 g/mol. The molecule has 1 rings (SSSR count). The SMILES string of the molecule is CCCCCCCCSc1nnc(C)n1CCN. The monoisotopic (exact) mass is 270 g/mol. The Kier molecular flexibility index (Phi) is 8.09. The van der Waals surface area contributed by atoms with E-state index in [0.29, 0.717) is 6.54 Å². The second-order valence-electron chi connectivity index (χ2n) is 4.59. The van der Waals surface area contributed by atoms with Crippen LogP contribution >= 0.6 is 11.8 Å². The van der Waals surface area contributed by atoms with Gasteiger partial charge in [-0.2, -0.15) is 0 Å². The molecule has 2 N–H and O–H groups in total. The van der Waals surface area contributed by atoms with E-state index in [0.717, 1.165) is 23.3 Å². The Balaban J connectivity index is 2.18. The Hall–Kier alpha value is -0.550. The summed E-state index contributed by atoms with van der Waals surface area (Å²) in [4.78, 5) is 0. The molecule has 0 aliphatic carbocycles. The third kappa shape index (κ3) is 5.40. The van der Waals surface area contributed by atoms with Crippen molar-refractivity contribution < 1.29 is 0 Å². The maximum atomic E-state index is 5.59. The lowest BCUT2D eigenvalue weighted by Crippen LogP contribution is -2.12. The largest absolute Gasteiger partial charge is 0.329 e. The zero-order valence-corrected chi connectivity index (χ0v) is 12.5. The average molecular weight is 270 g/mol. The van der Waals surface area contributed by atoms with Gasteiger partial charge in [0.25, 0.3) is 0 Å². The Labute approximate surface area is 115 Å². The number of unbranched alkanes of at least 4 members (excludes halogenated alkanes) is 5. The summed E-state index contributed by atoms with van der Waals surface area (Å²) in [5, 5.41) is 9.33. The van der Waals surface area contributed by atoms with Crippen LogP contribution in [0.25, 0.3) is 0 Å². The van der Waals surface area contributed by atoms with Crippen LogP contribution in [0.4, 0.5) is 0 Å². The van der Waals surface area contributed by atoms with Gasteiger partial charge in [0, 0.05) is 18.8 Å². The molecule has 0 bridgehead atoms. The standard InChI is InChI=1S/C13H26N4S/c1-3-4-5-6-7-8-11-18-13-16-15-12(2)17(13)10-9-14/h3-11,14H2,1-2H3. The number of hydrogen-bond donors (Lipinski definition) is 1. The van der Waals surface area contributed by atoms with Crippen LogP contribution in [0.2, 0.25) is 0 Å². The minimum absolute atomic E-state index is 0.642. The van der Waals surface area contributed by atoms with Gasteiger partial charge in [0.05, 0.1) is 0 Å². The first kappa shape index (κ1) is 15.5. The van der Waals surface area contributed by atoms with E-state index in [9.17, 15) is 0 Å². The summed E-state index contributed by atoms with van der Waals surface area (Å²) >= 11 is 1.81. The number of nitrogens with zero attached hydrogens (tertiary/aromatic N) is 3. The third-order valence-corrected chi connectivity index (χ3v) is 4.04. The van der Waals surface area contributed by atoms with E-state index in [1.54, 1.807) is 11.8 Å². The van der Waals surface area contributed by atoms with Gasteiger partial charge in [-0.05, 0) is 13.3 Å². The van der Waals surface area contributed by atoms with Gasteiger partial charge in [-0.3, -0.25) is 0 Å². The molecule has 1 aromatic rings. The van der Waals surface area contributed by atoms with E-state index >= 15 is 0 Å². The van der Waals surface area contributed by atoms with Crippen LogP contribution in [-0.2, 0) is 6.54 Å². The van der Waals surface area contributed by atoms with Gasteiger partial charge < -0.3 is 10.3 Å². The first-order valence-corrected chi connectivity index (χ1v) is 8.00. The van der Waals surface area contributed by atoms with E-state index in [4.69, 9.17) is 5.73 Å². The van der Waals surface area contributed by atoms with E-state index in [1.165, 1.54) is 38.5 Å². The zero-order valence-electron chi connectivity index (χ0n) is 11.7. The zero-order chi connectivity index (χ0) is 13.2. The maximum Gasteiger partial charge on any atom is 0.191 e. The molecule has 5 heteroatoms. The molecule has 0 saturated carbocycles. The summed E-state index contributed by atoms with van der Waals surface area (Å²) in [7, 11) is 0. The van der Waals surface area contributed by atoms with Crippen LogP contribution in [0.1, 0.15) is 51.3 Å². The van der Waals surface area contributed by atoms with Crippen molar-refractivity contribution in [2.45, 2.75) is 64.1 Å². The molecule has 18 heavy (non-hydrogen) atoms. The molecule has 0 saturated heterocycles. The van der Waals surface area contributed by atoms with Crippen LogP contribution in [0, 0.1) is 6.92 Å². The number of nitrogens with two attached hydrogens (primary N) is 1. The molecule has 0 spiro atoms. The molecule has 0 aromatic carbocycles. The number of hydrogen-bond acceptors (Lipinski definition) is 4. The quantitative estimate of drug-likeness (QED) is 0.524. The van der Waals surface area contributed by atoms with Gasteiger partial charge in [0.15, 0.2) is 5.16 Å². The van der Waals surface area contributed by atoms with Crippen molar-refractivity contribution in [2.75, 3.05) is 12.3 Å². The third-order valence-electron chi connectivity index (χ3n) is 2.98. The molecule has 0 aliphatic rings. The topological polar surface area (TPSA) is 56.7 Å². The Morgan fingerprint density at radius 1 is 1.11 bits per heavy atom. The highest BCUT2D eigenvalue weighted by atomic mass is 32.2. The predicted octanol–water partition coefficient (Wildman–Crippen LogP) is 3.00. The van der Waals surface area contributed by atoms with E-state index in [-0.39, 0.29) is 0 Å². The highest BCUT2D eigenvalue weighted by Gasteiger charge is 2.07. The fourth-order valence-electron chi connectivity index (χ4n) is 1.90. The van der Waals surface area contributed by atoms with Gasteiger partial charge in [-0.1, -0.05) is 50.8 Å². The molecule has 104 valence electrons. The molecule has 0 fully saturated rings. The normalized spacial score (nSPS) is 11.1. The summed E-state index contributed by atoms with van der Waals surface area (Å²) in [6.45, 7) is 5.70. The lowest BCUT2D eigenvalue weighted by molar-refractivity contribution is 0.620. The maximum absolute atomic E-state index is 5.59. The fraction of sp³-hybridized carbons (Fsp3) is 0.846. The molecule has 4 nitrogen and oxygen atoms in total. The predicted molar refractivity (Wildman–Crippen MR) is 77.9 cm³/mol. The molecule has 0 unspecified atom stereocenters. The highest BCUT2D eigenvalue weighted by molar-refractivity contribution is 7.99. The summed E-state index contributed by atoms with van der Waals surface area (Å²) in [5.41, 5.74) is 5.59. The van der Waals surface area contributed by atoms with Crippen molar-refractivity contribution in [3.05, 3.63) is 5.82 Å². The molecule has 0 radical (unpaired) electrons. The van der Waals surface area contributed by atoms with Gasteiger partial charge in [-0.25, -0.2) is 0 Å². The van der Waals surface area contributed by atoms with Crippen molar-refractivity contribution in [3.63, 3.8) is 0 Å². The number of rotatable bonds is 10. The van der Waals surface area contributed by atoms with Gasteiger partial charge in [0.2, 0.25) is 0 Å². The Bertz CT molecular complexity index is 325. The number of aryl methyl sites for hydroxylation is 1. The average Bonchev–Trinajstić information content (AvgIpc) is 2.71. The summed E-state index contributed by atoms with van der Waals surface area (Å²) < 4.78 is 2.11. The molecule has 0 atom stereocenters. The summed E-state index contributed by atoms with van der Waals surface area (Å²) in [6, 6.07) is 0. The lowest BCUT2D eigenvalue weighted by atomic mass is 10.1. The second kappa shape index (κ2) is 9.39. The van der Waals surface area contributed by atoms with Crippen molar-refractivity contribution in [3.8, 4) is 0 Å². The second-order valence-corrected chi connectivity index (χ2v) is 5.65. The van der Waals surface area contributed by atoms with Crippen molar-refractivity contribution >= 4 is 11.8 Å². The van der Waals surface area contributed by atoms with Crippen molar-refractivity contribution in [1.82, 2.24) is 14.8 Å². The van der Waals surface area contributed by atoms with Crippen LogP contribution in [0.3, 0.4) is 0 Å². The van der Waals surface area contributed by atoms with Crippen LogP contribution in [0.15, 0.2) is 5.16 Å². The Morgan fingerprint density at radius 2 is 1.83 bits per heavy atom. The number of aromatic nitrogens is 3. The molecule has 1 heterocycles. The molecule has 0 aliphatic heterocycles. The van der Waals surface area contributed by atoms with E-state index in [2.05, 4.69) is 21.7 Å². The van der Waals surface area contributed by atoms with Gasteiger partial charge in [-0.15, -0.1) is 10.2 Å². The summed E-state index contributed by atoms with van der Waals surface area (Å²) in [5.74, 6) is 2.10. The molecular formula is C13H26N4S. The van der Waals surface area contributed by atoms with Crippen molar-refractivity contribution in [2.24, 2.45) is 5.73 Å². The lowest BCUT2D eigenvalue weighted by Gasteiger charge is -2.06. The van der Waals surface area contributed by atoms with Crippen LogP contribution in [0.5, 0.6) is 0 Å². The highest BCUT2D eigenvalue weighted by Crippen LogP contribution is 2.18. The van der Waals surface area contributed by atoms with Gasteiger partial charge >= 0.3 is 0 Å². The first-order chi connectivity index (χ1) is 8.79. The first-order valence-electron chi connectivity index (χ1n) is 7.02. The fourth-order valence-corrected chi connectivity index (χ4v) is 2.91. The smallest absolute Gasteiger partial charge is 0.191 e. The minimum atomic E-state index is 0.642. The van der Waals surface area contributed by atoms with E-state index in [1.807, 2.05) is 6.92 Å². The van der Waals surface area contributed by atoms with Crippen LogP contribution in [-0.4, -0.2) is 27.1 Å². The summed E-state index contributed by atoms with van der Waals surface area (Å²) in [6.07, 6.45) is 8.03. The van der Waals surface area contributed by atoms with Crippen molar-refractivity contribution in [1.29, 1.82) is 0 Å². The molecule has 0 amide bonds. The Morgan fingerprint density at radius 3 is 2.56 bits per heavy atom. The minimum Gasteiger partial charge on any atom is -0.329 e. The van der Waals surface area contributed by atoms with E-state index < -0.39 is 0 Å². The molecule has 1 aromatic heterocycles. The van der Waals surface area contributed by atoms with Crippen LogP contribution < -0.4 is 5.73 Å².